The van der Waals surface area contributed by atoms with E-state index in [2.05, 4.69) is 44.2 Å². The summed E-state index contributed by atoms with van der Waals surface area (Å²) < 4.78 is 5.22. The van der Waals surface area contributed by atoms with Crippen LogP contribution in [0.1, 0.15) is 11.3 Å². The van der Waals surface area contributed by atoms with Crippen LogP contribution in [0.3, 0.4) is 0 Å². The summed E-state index contributed by atoms with van der Waals surface area (Å²) in [5.41, 5.74) is 5.79. The van der Waals surface area contributed by atoms with Gasteiger partial charge in [0.1, 0.15) is 5.75 Å². The normalized spacial score (nSPS) is 10.8. The van der Waals surface area contributed by atoms with Crippen LogP contribution >= 0.6 is 0 Å². The van der Waals surface area contributed by atoms with Crippen molar-refractivity contribution in [3.05, 3.63) is 59.8 Å². The molecule has 100 valence electrons. The molecule has 0 unspecified atom stereocenters. The second kappa shape index (κ2) is 4.97. The Labute approximate surface area is 119 Å². The Hall–Kier alpha value is -2.35. The fraction of sp³-hybridized carbons (Fsp3) is 0.167. The minimum atomic E-state index is 0.873. The third-order valence-corrected chi connectivity index (χ3v) is 3.71. The molecule has 0 spiro atoms. The highest BCUT2D eigenvalue weighted by Crippen LogP contribution is 2.32. The van der Waals surface area contributed by atoms with Gasteiger partial charge in [0.2, 0.25) is 0 Å². The van der Waals surface area contributed by atoms with Gasteiger partial charge in [0.15, 0.2) is 0 Å². The SMILES string of the molecule is COc1ccc(-c2c(C)nc3ccccc3c2C)cc1. The molecule has 2 aromatic carbocycles. The second-order valence-corrected chi connectivity index (χ2v) is 4.94. The van der Waals surface area contributed by atoms with E-state index in [1.165, 1.54) is 22.1 Å². The largest absolute Gasteiger partial charge is 0.497 e. The van der Waals surface area contributed by atoms with Gasteiger partial charge in [-0.3, -0.25) is 4.98 Å². The average molecular weight is 263 g/mol. The molecule has 0 amide bonds. The van der Waals surface area contributed by atoms with Gasteiger partial charge in [-0.15, -0.1) is 0 Å². The Balaban J connectivity index is 2.24. The molecule has 3 aromatic rings. The Morgan fingerprint density at radius 1 is 0.900 bits per heavy atom. The smallest absolute Gasteiger partial charge is 0.118 e. The summed E-state index contributed by atoms with van der Waals surface area (Å²) in [6, 6.07) is 16.4. The Morgan fingerprint density at radius 2 is 1.60 bits per heavy atom. The standard InChI is InChI=1S/C18H17NO/c1-12-16-6-4-5-7-17(16)19-13(2)18(12)14-8-10-15(20-3)11-9-14/h4-11H,1-3H3. The summed E-state index contributed by atoms with van der Waals surface area (Å²) in [6.07, 6.45) is 0. The van der Waals surface area contributed by atoms with Gasteiger partial charge in [-0.05, 0) is 43.2 Å². The highest BCUT2D eigenvalue weighted by Gasteiger charge is 2.10. The number of aromatic nitrogens is 1. The number of hydrogen-bond donors (Lipinski definition) is 0. The van der Waals surface area contributed by atoms with Crippen LogP contribution in [0.2, 0.25) is 0 Å². The summed E-state index contributed by atoms with van der Waals surface area (Å²) in [7, 11) is 1.68. The Kier molecular flexibility index (Phi) is 3.15. The van der Waals surface area contributed by atoms with Gasteiger partial charge < -0.3 is 4.74 Å². The van der Waals surface area contributed by atoms with Crippen LogP contribution < -0.4 is 4.74 Å². The molecule has 0 radical (unpaired) electrons. The highest BCUT2D eigenvalue weighted by atomic mass is 16.5. The number of aryl methyl sites for hydroxylation is 2. The number of pyridine rings is 1. The molecule has 0 aliphatic carbocycles. The number of nitrogens with zero attached hydrogens (tertiary/aromatic N) is 1. The monoisotopic (exact) mass is 263 g/mol. The number of ether oxygens (including phenoxy) is 1. The summed E-state index contributed by atoms with van der Waals surface area (Å²) in [6.45, 7) is 4.23. The molecule has 0 aliphatic rings. The zero-order chi connectivity index (χ0) is 14.1. The van der Waals surface area contributed by atoms with Crippen molar-refractivity contribution in [3.63, 3.8) is 0 Å². The molecule has 2 nitrogen and oxygen atoms in total. The quantitative estimate of drug-likeness (QED) is 0.677. The predicted molar refractivity (Wildman–Crippen MR) is 83.2 cm³/mol. The van der Waals surface area contributed by atoms with Crippen molar-refractivity contribution in [3.8, 4) is 16.9 Å². The number of hydrogen-bond acceptors (Lipinski definition) is 2. The molecule has 3 rings (SSSR count). The Morgan fingerprint density at radius 3 is 2.30 bits per heavy atom. The molecule has 0 aliphatic heterocycles. The second-order valence-electron chi connectivity index (χ2n) is 4.94. The lowest BCUT2D eigenvalue weighted by Gasteiger charge is -2.13. The maximum Gasteiger partial charge on any atom is 0.118 e. The van der Waals surface area contributed by atoms with Crippen LogP contribution in [0.15, 0.2) is 48.5 Å². The molecular formula is C18H17NO. The molecular weight excluding hydrogens is 246 g/mol. The van der Waals surface area contributed by atoms with E-state index in [1.807, 2.05) is 18.2 Å². The van der Waals surface area contributed by atoms with Crippen LogP contribution in [-0.4, -0.2) is 12.1 Å². The summed E-state index contributed by atoms with van der Waals surface area (Å²) in [5.74, 6) is 0.873. The minimum Gasteiger partial charge on any atom is -0.497 e. The van der Waals surface area contributed by atoms with E-state index in [1.54, 1.807) is 7.11 Å². The number of fused-ring (bicyclic) bond motifs is 1. The van der Waals surface area contributed by atoms with E-state index in [4.69, 9.17) is 9.72 Å². The van der Waals surface area contributed by atoms with Crippen LogP contribution in [0.5, 0.6) is 5.75 Å². The molecule has 0 bridgehead atoms. The molecule has 0 saturated carbocycles. The number of rotatable bonds is 2. The van der Waals surface area contributed by atoms with Crippen molar-refractivity contribution in [2.45, 2.75) is 13.8 Å². The van der Waals surface area contributed by atoms with Gasteiger partial charge >= 0.3 is 0 Å². The molecule has 0 saturated heterocycles. The van der Waals surface area contributed by atoms with Gasteiger partial charge in [0.25, 0.3) is 0 Å². The molecule has 20 heavy (non-hydrogen) atoms. The maximum atomic E-state index is 5.22. The lowest BCUT2D eigenvalue weighted by atomic mass is 9.96. The fourth-order valence-electron chi connectivity index (χ4n) is 2.71. The van der Waals surface area contributed by atoms with Crippen molar-refractivity contribution in [1.82, 2.24) is 4.98 Å². The first-order valence-electron chi connectivity index (χ1n) is 6.71. The average Bonchev–Trinajstić information content (AvgIpc) is 2.48. The number of para-hydroxylation sites is 1. The lowest BCUT2D eigenvalue weighted by molar-refractivity contribution is 0.415. The van der Waals surface area contributed by atoms with Crippen molar-refractivity contribution >= 4 is 10.9 Å². The van der Waals surface area contributed by atoms with Crippen molar-refractivity contribution in [2.24, 2.45) is 0 Å². The van der Waals surface area contributed by atoms with Crippen LogP contribution in [-0.2, 0) is 0 Å². The summed E-state index contributed by atoms with van der Waals surface area (Å²) in [4.78, 5) is 4.72. The molecule has 0 fully saturated rings. The first kappa shape index (κ1) is 12.7. The summed E-state index contributed by atoms with van der Waals surface area (Å²) in [5, 5.41) is 1.21. The lowest BCUT2D eigenvalue weighted by Crippen LogP contribution is -1.94. The zero-order valence-corrected chi connectivity index (χ0v) is 12.0. The van der Waals surface area contributed by atoms with E-state index >= 15 is 0 Å². The van der Waals surface area contributed by atoms with Crippen molar-refractivity contribution in [1.29, 1.82) is 0 Å². The first-order valence-corrected chi connectivity index (χ1v) is 6.71. The third kappa shape index (κ3) is 2.03. The van der Waals surface area contributed by atoms with Crippen LogP contribution in [0.4, 0.5) is 0 Å². The molecule has 0 atom stereocenters. The van der Waals surface area contributed by atoms with Crippen LogP contribution in [0, 0.1) is 13.8 Å². The topological polar surface area (TPSA) is 22.1 Å². The third-order valence-electron chi connectivity index (χ3n) is 3.71. The van der Waals surface area contributed by atoms with E-state index in [-0.39, 0.29) is 0 Å². The highest BCUT2D eigenvalue weighted by molar-refractivity contribution is 5.89. The summed E-state index contributed by atoms with van der Waals surface area (Å²) >= 11 is 0. The van der Waals surface area contributed by atoms with Crippen molar-refractivity contribution < 1.29 is 4.74 Å². The van der Waals surface area contributed by atoms with Crippen molar-refractivity contribution in [2.75, 3.05) is 7.11 Å². The van der Waals surface area contributed by atoms with E-state index in [0.29, 0.717) is 0 Å². The maximum absolute atomic E-state index is 5.22. The molecule has 1 aromatic heterocycles. The van der Waals surface area contributed by atoms with Gasteiger partial charge in [-0.1, -0.05) is 30.3 Å². The van der Waals surface area contributed by atoms with Crippen LogP contribution in [0.25, 0.3) is 22.0 Å². The first-order chi connectivity index (χ1) is 9.70. The van der Waals surface area contributed by atoms with Gasteiger partial charge in [0.05, 0.1) is 12.6 Å². The fourth-order valence-corrected chi connectivity index (χ4v) is 2.71. The van der Waals surface area contributed by atoms with E-state index in [0.717, 1.165) is 17.0 Å². The molecule has 0 N–H and O–H groups in total. The predicted octanol–water partition coefficient (Wildman–Crippen LogP) is 4.53. The van der Waals surface area contributed by atoms with E-state index < -0.39 is 0 Å². The zero-order valence-electron chi connectivity index (χ0n) is 12.0. The van der Waals surface area contributed by atoms with E-state index in [9.17, 15) is 0 Å². The molecule has 2 heteroatoms. The molecule has 1 heterocycles. The number of methoxy groups -OCH3 is 1. The van der Waals surface area contributed by atoms with Gasteiger partial charge in [-0.2, -0.15) is 0 Å². The number of benzene rings is 2. The Bertz CT molecular complexity index is 760. The van der Waals surface area contributed by atoms with Gasteiger partial charge in [-0.25, -0.2) is 0 Å². The van der Waals surface area contributed by atoms with Gasteiger partial charge in [0, 0.05) is 16.6 Å². The minimum absolute atomic E-state index is 0.873.